The minimum atomic E-state index is -0.625. The van der Waals surface area contributed by atoms with E-state index >= 15 is 0 Å². The molecule has 0 radical (unpaired) electrons. The molecular weight excluding hydrogens is 335 g/mol. The van der Waals surface area contributed by atoms with Gasteiger partial charge in [0.1, 0.15) is 5.82 Å². The Morgan fingerprint density at radius 1 is 1.24 bits per heavy atom. The zero-order chi connectivity index (χ0) is 15.2. The molecule has 0 bridgehead atoms. The summed E-state index contributed by atoms with van der Waals surface area (Å²) in [5.41, 5.74) is 7.57. The number of nitrogens with one attached hydrogen (secondary N) is 1. The zero-order valence-corrected chi connectivity index (χ0v) is 12.9. The minimum absolute atomic E-state index is 0.236. The molecule has 21 heavy (non-hydrogen) atoms. The molecular formula is C16H16BrFN2O. The van der Waals surface area contributed by atoms with E-state index in [2.05, 4.69) is 21.2 Å². The number of benzene rings is 2. The largest absolute Gasteiger partial charge is 0.351 e. The fraction of sp³-hybridized carbons (Fsp3) is 0.188. The van der Waals surface area contributed by atoms with Gasteiger partial charge in [-0.3, -0.25) is 4.79 Å². The molecule has 1 unspecified atom stereocenters. The van der Waals surface area contributed by atoms with Gasteiger partial charge in [-0.05, 0) is 35.7 Å². The first kappa shape index (κ1) is 15.7. The molecule has 0 aromatic heterocycles. The highest BCUT2D eigenvalue weighted by molar-refractivity contribution is 9.10. The van der Waals surface area contributed by atoms with Gasteiger partial charge in [-0.15, -0.1) is 0 Å². The molecule has 0 aliphatic carbocycles. The average Bonchev–Trinajstić information content (AvgIpc) is 2.49. The summed E-state index contributed by atoms with van der Waals surface area (Å²) in [5.74, 6) is -0.592. The van der Waals surface area contributed by atoms with Crippen LogP contribution in [0.2, 0.25) is 0 Å². The lowest BCUT2D eigenvalue weighted by Gasteiger charge is -2.13. The fourth-order valence-corrected chi connectivity index (χ4v) is 2.34. The van der Waals surface area contributed by atoms with Crippen molar-refractivity contribution < 1.29 is 9.18 Å². The number of carbonyl (C=O) groups is 1. The van der Waals surface area contributed by atoms with Gasteiger partial charge in [-0.25, -0.2) is 4.39 Å². The molecule has 0 heterocycles. The monoisotopic (exact) mass is 350 g/mol. The Bertz CT molecular complexity index is 619. The predicted octanol–water partition coefficient (Wildman–Crippen LogP) is 2.77. The Morgan fingerprint density at radius 2 is 1.95 bits per heavy atom. The number of halogens is 2. The molecule has 0 spiro atoms. The Kier molecular flexibility index (Phi) is 5.47. The Balaban J connectivity index is 1.91. The highest BCUT2D eigenvalue weighted by Gasteiger charge is 2.14. The van der Waals surface area contributed by atoms with E-state index in [0.717, 1.165) is 10.0 Å². The van der Waals surface area contributed by atoms with Crippen LogP contribution in [0.25, 0.3) is 0 Å². The van der Waals surface area contributed by atoms with E-state index in [0.29, 0.717) is 12.0 Å². The summed E-state index contributed by atoms with van der Waals surface area (Å²) in [5, 5.41) is 2.73. The molecule has 0 saturated carbocycles. The van der Waals surface area contributed by atoms with Crippen LogP contribution >= 0.6 is 15.9 Å². The number of hydrogen-bond acceptors (Lipinski definition) is 2. The minimum Gasteiger partial charge on any atom is -0.351 e. The lowest BCUT2D eigenvalue weighted by molar-refractivity contribution is -0.122. The van der Waals surface area contributed by atoms with Gasteiger partial charge in [0, 0.05) is 11.0 Å². The van der Waals surface area contributed by atoms with Crippen LogP contribution in [0.1, 0.15) is 11.1 Å². The highest BCUT2D eigenvalue weighted by Crippen LogP contribution is 2.17. The van der Waals surface area contributed by atoms with E-state index in [1.54, 1.807) is 6.07 Å². The summed E-state index contributed by atoms with van der Waals surface area (Å²) in [6.45, 7) is 0.236. The average molecular weight is 351 g/mol. The van der Waals surface area contributed by atoms with E-state index in [-0.39, 0.29) is 18.3 Å². The maximum Gasteiger partial charge on any atom is 0.237 e. The van der Waals surface area contributed by atoms with Crippen LogP contribution in [0.15, 0.2) is 53.0 Å². The molecule has 2 rings (SSSR count). The molecule has 2 aromatic carbocycles. The van der Waals surface area contributed by atoms with E-state index < -0.39 is 6.04 Å². The second kappa shape index (κ2) is 7.33. The maximum atomic E-state index is 13.2. The van der Waals surface area contributed by atoms with E-state index in [9.17, 15) is 9.18 Å². The van der Waals surface area contributed by atoms with Gasteiger partial charge in [-0.2, -0.15) is 0 Å². The first-order valence-corrected chi connectivity index (χ1v) is 7.36. The molecule has 0 saturated heterocycles. The third-order valence-electron chi connectivity index (χ3n) is 3.10. The topological polar surface area (TPSA) is 55.1 Å². The van der Waals surface area contributed by atoms with E-state index in [1.807, 2.05) is 30.3 Å². The fourth-order valence-electron chi connectivity index (χ4n) is 1.95. The molecule has 0 aliphatic heterocycles. The number of carbonyl (C=O) groups excluding carboxylic acids is 1. The Labute approximate surface area is 131 Å². The molecule has 110 valence electrons. The number of nitrogens with two attached hydrogens (primary N) is 1. The van der Waals surface area contributed by atoms with Crippen LogP contribution in [-0.2, 0) is 17.8 Å². The molecule has 3 N–H and O–H groups in total. The number of rotatable bonds is 5. The van der Waals surface area contributed by atoms with Gasteiger partial charge in [0.05, 0.1) is 6.04 Å². The van der Waals surface area contributed by atoms with Crippen molar-refractivity contribution in [2.45, 2.75) is 19.0 Å². The second-order valence-electron chi connectivity index (χ2n) is 4.75. The van der Waals surface area contributed by atoms with Gasteiger partial charge in [-0.1, -0.05) is 46.3 Å². The third-order valence-corrected chi connectivity index (χ3v) is 3.87. The van der Waals surface area contributed by atoms with Crippen molar-refractivity contribution in [1.82, 2.24) is 5.32 Å². The summed E-state index contributed by atoms with van der Waals surface area (Å²) in [4.78, 5) is 12.0. The van der Waals surface area contributed by atoms with Crippen LogP contribution < -0.4 is 11.1 Å². The standard InChI is InChI=1S/C16H16BrFN2O/c17-14-7-6-13(18)9-12(14)10-20-16(21)15(19)8-11-4-2-1-3-5-11/h1-7,9,15H,8,10,19H2,(H,20,21). The summed E-state index contributed by atoms with van der Waals surface area (Å²) in [7, 11) is 0. The predicted molar refractivity (Wildman–Crippen MR) is 84.1 cm³/mol. The quantitative estimate of drug-likeness (QED) is 0.870. The highest BCUT2D eigenvalue weighted by atomic mass is 79.9. The lowest BCUT2D eigenvalue weighted by atomic mass is 10.1. The van der Waals surface area contributed by atoms with Crippen molar-refractivity contribution in [2.24, 2.45) is 5.73 Å². The van der Waals surface area contributed by atoms with Gasteiger partial charge in [0.25, 0.3) is 0 Å². The zero-order valence-electron chi connectivity index (χ0n) is 11.4. The molecule has 0 aliphatic rings. The van der Waals surface area contributed by atoms with Crippen molar-refractivity contribution in [3.63, 3.8) is 0 Å². The van der Waals surface area contributed by atoms with Crippen molar-refractivity contribution in [3.8, 4) is 0 Å². The Hall–Kier alpha value is -1.72. The molecule has 5 heteroatoms. The van der Waals surface area contributed by atoms with Crippen LogP contribution in [0.5, 0.6) is 0 Å². The molecule has 3 nitrogen and oxygen atoms in total. The van der Waals surface area contributed by atoms with Crippen molar-refractivity contribution in [3.05, 3.63) is 69.9 Å². The normalized spacial score (nSPS) is 12.0. The molecule has 0 fully saturated rings. The van der Waals surface area contributed by atoms with Crippen molar-refractivity contribution in [2.75, 3.05) is 0 Å². The summed E-state index contributed by atoms with van der Waals surface area (Å²) in [6.07, 6.45) is 0.469. The van der Waals surface area contributed by atoms with Crippen molar-refractivity contribution >= 4 is 21.8 Å². The third kappa shape index (κ3) is 4.65. The Morgan fingerprint density at radius 3 is 2.67 bits per heavy atom. The number of amides is 1. The first-order valence-electron chi connectivity index (χ1n) is 6.57. The van der Waals surface area contributed by atoms with Crippen LogP contribution in [-0.4, -0.2) is 11.9 Å². The summed E-state index contributed by atoms with van der Waals surface area (Å²) >= 11 is 3.32. The van der Waals surface area contributed by atoms with Crippen LogP contribution in [0, 0.1) is 5.82 Å². The van der Waals surface area contributed by atoms with Crippen LogP contribution in [0.3, 0.4) is 0 Å². The van der Waals surface area contributed by atoms with Crippen LogP contribution in [0.4, 0.5) is 4.39 Å². The van der Waals surface area contributed by atoms with Gasteiger partial charge in [0.15, 0.2) is 0 Å². The van der Waals surface area contributed by atoms with Gasteiger partial charge in [0.2, 0.25) is 5.91 Å². The molecule has 2 aromatic rings. The van der Waals surface area contributed by atoms with E-state index in [4.69, 9.17) is 5.73 Å². The summed E-state index contributed by atoms with van der Waals surface area (Å²) in [6, 6.07) is 13.3. The second-order valence-corrected chi connectivity index (χ2v) is 5.60. The summed E-state index contributed by atoms with van der Waals surface area (Å²) < 4.78 is 13.9. The molecule has 1 atom stereocenters. The molecule has 1 amide bonds. The lowest BCUT2D eigenvalue weighted by Crippen LogP contribution is -2.41. The maximum absolute atomic E-state index is 13.2. The smallest absolute Gasteiger partial charge is 0.237 e. The first-order chi connectivity index (χ1) is 10.1. The van der Waals surface area contributed by atoms with E-state index in [1.165, 1.54) is 12.1 Å². The van der Waals surface area contributed by atoms with Crippen molar-refractivity contribution in [1.29, 1.82) is 0 Å². The number of hydrogen-bond donors (Lipinski definition) is 2. The van der Waals surface area contributed by atoms with Gasteiger partial charge < -0.3 is 11.1 Å². The van der Waals surface area contributed by atoms with Gasteiger partial charge >= 0.3 is 0 Å². The SMILES string of the molecule is NC(Cc1ccccc1)C(=O)NCc1cc(F)ccc1Br.